The van der Waals surface area contributed by atoms with Gasteiger partial charge in [0.05, 0.1) is 13.7 Å². The maximum Gasteiger partial charge on any atom is 0.255 e. The monoisotopic (exact) mass is 430 g/mol. The van der Waals surface area contributed by atoms with Crippen LogP contribution in [-0.4, -0.2) is 35.2 Å². The minimum absolute atomic E-state index is 0.432. The summed E-state index contributed by atoms with van der Waals surface area (Å²) in [5.74, 6) is -0.426. The third kappa shape index (κ3) is 6.98. The highest BCUT2D eigenvalue weighted by molar-refractivity contribution is 6.54. The Kier molecular flexibility index (Phi) is 9.50. The van der Waals surface area contributed by atoms with E-state index in [0.717, 1.165) is 6.42 Å². The SMILES string of the molecule is CCCOc1ccc(C(NC(=O)C(Cl)Cl)NC(=O)C(Cl)Cl)cc1OC. The molecule has 6 nitrogen and oxygen atoms in total. The summed E-state index contributed by atoms with van der Waals surface area (Å²) < 4.78 is 10.8. The van der Waals surface area contributed by atoms with Gasteiger partial charge >= 0.3 is 0 Å². The Morgan fingerprint density at radius 3 is 2.04 bits per heavy atom. The van der Waals surface area contributed by atoms with Gasteiger partial charge in [0.15, 0.2) is 21.2 Å². The lowest BCUT2D eigenvalue weighted by Crippen LogP contribution is -2.44. The molecule has 1 aromatic rings. The van der Waals surface area contributed by atoms with Crippen LogP contribution in [0.4, 0.5) is 0 Å². The summed E-state index contributed by atoms with van der Waals surface area (Å²) in [4.78, 5) is 21.0. The summed E-state index contributed by atoms with van der Waals surface area (Å²) >= 11 is 22.2. The Bertz CT molecular complexity index is 577. The number of alkyl halides is 4. The molecule has 10 heteroatoms. The van der Waals surface area contributed by atoms with E-state index < -0.39 is 27.7 Å². The quantitative estimate of drug-likeness (QED) is 0.464. The summed E-state index contributed by atoms with van der Waals surface area (Å²) in [5, 5.41) is 4.97. The molecule has 2 N–H and O–H groups in total. The number of benzene rings is 1. The van der Waals surface area contributed by atoms with Crippen molar-refractivity contribution in [1.82, 2.24) is 10.6 Å². The Morgan fingerprint density at radius 1 is 1.04 bits per heavy atom. The van der Waals surface area contributed by atoms with E-state index in [1.807, 2.05) is 6.92 Å². The van der Waals surface area contributed by atoms with Crippen LogP contribution < -0.4 is 20.1 Å². The van der Waals surface area contributed by atoms with Crippen molar-refractivity contribution in [2.24, 2.45) is 0 Å². The zero-order valence-corrected chi connectivity index (χ0v) is 16.5. The zero-order chi connectivity index (χ0) is 19.0. The number of methoxy groups -OCH3 is 1. The van der Waals surface area contributed by atoms with Crippen LogP contribution in [0.2, 0.25) is 0 Å². The van der Waals surface area contributed by atoms with Crippen molar-refractivity contribution in [1.29, 1.82) is 0 Å². The molecule has 0 aliphatic carbocycles. The highest BCUT2D eigenvalue weighted by atomic mass is 35.5. The van der Waals surface area contributed by atoms with Gasteiger partial charge in [-0.05, 0) is 24.1 Å². The summed E-state index contributed by atoms with van der Waals surface area (Å²) in [5.41, 5.74) is 0.491. The molecular weight excluding hydrogens is 414 g/mol. The van der Waals surface area contributed by atoms with Crippen molar-refractivity contribution in [2.45, 2.75) is 29.2 Å². The smallest absolute Gasteiger partial charge is 0.255 e. The molecule has 0 spiro atoms. The number of rotatable bonds is 9. The largest absolute Gasteiger partial charge is 0.493 e. The van der Waals surface area contributed by atoms with Gasteiger partial charge in [0, 0.05) is 0 Å². The molecule has 0 aliphatic heterocycles. The maximum absolute atomic E-state index is 11.8. The van der Waals surface area contributed by atoms with Crippen LogP contribution in [-0.2, 0) is 9.59 Å². The molecular formula is C15H18Cl4N2O4. The molecule has 0 fully saturated rings. The molecule has 0 aliphatic rings. The predicted octanol–water partition coefficient (Wildman–Crippen LogP) is 3.32. The van der Waals surface area contributed by atoms with Gasteiger partial charge in [-0.3, -0.25) is 9.59 Å². The molecule has 0 aromatic heterocycles. The number of carbonyl (C=O) groups excluding carboxylic acids is 2. The zero-order valence-electron chi connectivity index (χ0n) is 13.5. The summed E-state index contributed by atoms with van der Waals surface area (Å²) in [7, 11) is 1.48. The molecule has 0 saturated heterocycles. The number of halogens is 4. The van der Waals surface area contributed by atoms with E-state index in [1.165, 1.54) is 7.11 Å². The van der Waals surface area contributed by atoms with Gasteiger partial charge in [0.25, 0.3) is 11.8 Å². The van der Waals surface area contributed by atoms with Crippen LogP contribution in [0.3, 0.4) is 0 Å². The number of nitrogens with one attached hydrogen (secondary N) is 2. The lowest BCUT2D eigenvalue weighted by atomic mass is 10.1. The van der Waals surface area contributed by atoms with Crippen LogP contribution in [0.5, 0.6) is 11.5 Å². The van der Waals surface area contributed by atoms with E-state index in [0.29, 0.717) is 23.7 Å². The minimum Gasteiger partial charge on any atom is -0.493 e. The van der Waals surface area contributed by atoms with Crippen molar-refractivity contribution >= 4 is 58.2 Å². The van der Waals surface area contributed by atoms with Crippen molar-refractivity contribution in [3.05, 3.63) is 23.8 Å². The second-order valence-electron chi connectivity index (χ2n) is 4.81. The third-order valence-corrected chi connectivity index (χ3v) is 3.75. The van der Waals surface area contributed by atoms with Crippen molar-refractivity contribution in [3.8, 4) is 11.5 Å². The highest BCUT2D eigenvalue weighted by Crippen LogP contribution is 2.30. The fourth-order valence-electron chi connectivity index (χ4n) is 1.81. The molecule has 2 amide bonds. The highest BCUT2D eigenvalue weighted by Gasteiger charge is 2.24. The molecule has 25 heavy (non-hydrogen) atoms. The lowest BCUT2D eigenvalue weighted by Gasteiger charge is -2.22. The average molecular weight is 432 g/mol. The number of ether oxygens (including phenoxy) is 2. The van der Waals surface area contributed by atoms with Crippen molar-refractivity contribution in [3.63, 3.8) is 0 Å². The molecule has 0 heterocycles. The van der Waals surface area contributed by atoms with E-state index in [9.17, 15) is 9.59 Å². The fraction of sp³-hybridized carbons (Fsp3) is 0.467. The molecule has 1 aromatic carbocycles. The van der Waals surface area contributed by atoms with Crippen molar-refractivity contribution in [2.75, 3.05) is 13.7 Å². The normalized spacial score (nSPS) is 10.9. The first-order valence-electron chi connectivity index (χ1n) is 7.27. The molecule has 140 valence electrons. The average Bonchev–Trinajstić information content (AvgIpc) is 2.58. The maximum atomic E-state index is 11.8. The second kappa shape index (κ2) is 10.8. The van der Waals surface area contributed by atoms with Gasteiger partial charge in [-0.1, -0.05) is 59.4 Å². The summed E-state index contributed by atoms with van der Waals surface area (Å²) in [6.07, 6.45) is -0.131. The summed E-state index contributed by atoms with van der Waals surface area (Å²) in [6, 6.07) is 4.91. The van der Waals surface area contributed by atoms with Crippen LogP contribution in [0.15, 0.2) is 18.2 Å². The minimum atomic E-state index is -1.31. The van der Waals surface area contributed by atoms with Gasteiger partial charge in [0.2, 0.25) is 0 Å². The molecule has 0 unspecified atom stereocenters. The Hall–Kier alpha value is -1.08. The van der Waals surface area contributed by atoms with Crippen LogP contribution >= 0.6 is 46.4 Å². The lowest BCUT2D eigenvalue weighted by molar-refractivity contribution is -0.122. The van der Waals surface area contributed by atoms with E-state index >= 15 is 0 Å². The third-order valence-electron chi connectivity index (χ3n) is 2.95. The second-order valence-corrected chi connectivity index (χ2v) is 7.00. The van der Waals surface area contributed by atoms with E-state index in [2.05, 4.69) is 10.6 Å². The first-order valence-corrected chi connectivity index (χ1v) is 9.02. The van der Waals surface area contributed by atoms with Gasteiger partial charge in [-0.25, -0.2) is 0 Å². The van der Waals surface area contributed by atoms with Crippen LogP contribution in [0.25, 0.3) is 0 Å². The van der Waals surface area contributed by atoms with E-state index in [1.54, 1.807) is 18.2 Å². The number of carbonyl (C=O) groups is 2. The van der Waals surface area contributed by atoms with E-state index in [-0.39, 0.29) is 0 Å². The first kappa shape index (κ1) is 22.0. The predicted molar refractivity (Wildman–Crippen MR) is 98.8 cm³/mol. The van der Waals surface area contributed by atoms with Crippen LogP contribution in [0.1, 0.15) is 25.1 Å². The Morgan fingerprint density at radius 2 is 1.60 bits per heavy atom. The van der Waals surface area contributed by atoms with Crippen molar-refractivity contribution < 1.29 is 19.1 Å². The van der Waals surface area contributed by atoms with Gasteiger partial charge in [-0.2, -0.15) is 0 Å². The molecule has 1 rings (SSSR count). The number of amides is 2. The Labute approximate surface area is 166 Å². The summed E-state index contributed by atoms with van der Waals surface area (Å²) in [6.45, 7) is 2.50. The van der Waals surface area contributed by atoms with Crippen LogP contribution in [0, 0.1) is 0 Å². The topological polar surface area (TPSA) is 76.7 Å². The number of hydrogen-bond donors (Lipinski definition) is 2. The first-order chi connectivity index (χ1) is 11.8. The molecule has 0 radical (unpaired) electrons. The van der Waals surface area contributed by atoms with Gasteiger partial charge in [0.1, 0.15) is 6.17 Å². The van der Waals surface area contributed by atoms with E-state index in [4.69, 9.17) is 55.9 Å². The van der Waals surface area contributed by atoms with Gasteiger partial charge in [-0.15, -0.1) is 0 Å². The Balaban J connectivity index is 3.10. The molecule has 0 bridgehead atoms. The number of hydrogen-bond acceptors (Lipinski definition) is 4. The fourth-order valence-corrected chi connectivity index (χ4v) is 2.06. The van der Waals surface area contributed by atoms with Gasteiger partial charge < -0.3 is 20.1 Å². The standard InChI is InChI=1S/C15H18Cl4N2O4/c1-3-6-25-9-5-4-8(7-10(9)24-2)13(20-14(22)11(16)17)21-15(23)12(18)19/h4-5,7,11-13H,3,6H2,1-2H3,(H,20,22)(H,21,23). The molecule has 0 atom stereocenters. The molecule has 0 saturated carbocycles.